The first kappa shape index (κ1) is 16.4. The van der Waals surface area contributed by atoms with Crippen molar-refractivity contribution in [2.24, 2.45) is 0 Å². The quantitative estimate of drug-likeness (QED) is 0.842. The Labute approximate surface area is 151 Å². The van der Waals surface area contributed by atoms with Crippen LogP contribution in [-0.4, -0.2) is 56.8 Å². The molecule has 2 saturated heterocycles. The molecule has 26 heavy (non-hydrogen) atoms. The van der Waals surface area contributed by atoms with E-state index in [0.717, 1.165) is 22.6 Å². The second-order valence-electron chi connectivity index (χ2n) is 6.71. The SMILES string of the molecule is Cc1ccc(-c2ccnc(N[C@@H]3C[C@H]4C(=O)NCC(=O)N4C3)n2)c(C)n1. The van der Waals surface area contributed by atoms with E-state index in [0.29, 0.717) is 18.9 Å². The lowest BCUT2D eigenvalue weighted by molar-refractivity contribution is -0.143. The maximum absolute atomic E-state index is 12.0. The van der Waals surface area contributed by atoms with Gasteiger partial charge in [-0.25, -0.2) is 9.97 Å². The van der Waals surface area contributed by atoms with Gasteiger partial charge in [0, 0.05) is 35.7 Å². The van der Waals surface area contributed by atoms with Crippen LogP contribution in [-0.2, 0) is 9.59 Å². The molecule has 134 valence electrons. The third-order valence-electron chi connectivity index (χ3n) is 4.83. The number of hydrogen-bond acceptors (Lipinski definition) is 6. The number of piperazine rings is 1. The number of amides is 2. The molecule has 2 fully saturated rings. The molecule has 2 N–H and O–H groups in total. The molecule has 0 bridgehead atoms. The standard InChI is InChI=1S/C18H20N6O2/c1-10-3-4-13(11(2)21-10)14-5-6-19-18(23-14)22-12-7-15-17(26)20-8-16(25)24(15)9-12/h3-6,12,15H,7-9H2,1-2H3,(H,20,26)(H,19,22,23)/t12-,15+/m1/s1. The number of carbonyl (C=O) groups excluding carboxylic acids is 2. The highest BCUT2D eigenvalue weighted by Gasteiger charge is 2.42. The highest BCUT2D eigenvalue weighted by atomic mass is 16.2. The van der Waals surface area contributed by atoms with Crippen LogP contribution in [0.4, 0.5) is 5.95 Å². The molecular formula is C18H20N6O2. The van der Waals surface area contributed by atoms with Gasteiger partial charge in [-0.3, -0.25) is 14.6 Å². The summed E-state index contributed by atoms with van der Waals surface area (Å²) in [4.78, 5) is 38.9. The minimum atomic E-state index is -0.402. The van der Waals surface area contributed by atoms with Crippen molar-refractivity contribution in [2.75, 3.05) is 18.4 Å². The number of aryl methyl sites for hydroxylation is 2. The predicted molar refractivity (Wildman–Crippen MR) is 95.3 cm³/mol. The Morgan fingerprint density at radius 1 is 1.19 bits per heavy atom. The van der Waals surface area contributed by atoms with E-state index in [1.165, 1.54) is 0 Å². The van der Waals surface area contributed by atoms with Crippen molar-refractivity contribution < 1.29 is 9.59 Å². The Bertz CT molecular complexity index is 860. The molecule has 0 aromatic carbocycles. The fourth-order valence-electron chi connectivity index (χ4n) is 3.56. The number of anilines is 1. The Kier molecular flexibility index (Phi) is 4.02. The molecule has 0 aliphatic carbocycles. The van der Waals surface area contributed by atoms with Crippen molar-refractivity contribution in [3.05, 3.63) is 35.8 Å². The largest absolute Gasteiger partial charge is 0.350 e. The van der Waals surface area contributed by atoms with E-state index in [9.17, 15) is 9.59 Å². The first-order chi connectivity index (χ1) is 12.5. The maximum atomic E-state index is 12.0. The van der Waals surface area contributed by atoms with E-state index in [2.05, 4.69) is 25.6 Å². The third kappa shape index (κ3) is 2.98. The van der Waals surface area contributed by atoms with E-state index in [1.807, 2.05) is 32.0 Å². The summed E-state index contributed by atoms with van der Waals surface area (Å²) in [5.74, 6) is 0.347. The van der Waals surface area contributed by atoms with Crippen molar-refractivity contribution in [1.29, 1.82) is 0 Å². The minimum absolute atomic E-state index is 0.0464. The van der Waals surface area contributed by atoms with E-state index in [-0.39, 0.29) is 24.4 Å². The maximum Gasteiger partial charge on any atom is 0.243 e. The smallest absolute Gasteiger partial charge is 0.243 e. The van der Waals surface area contributed by atoms with Crippen LogP contribution < -0.4 is 10.6 Å². The molecule has 2 atom stereocenters. The third-order valence-corrected chi connectivity index (χ3v) is 4.83. The van der Waals surface area contributed by atoms with E-state index < -0.39 is 6.04 Å². The summed E-state index contributed by atoms with van der Waals surface area (Å²) in [6, 6.07) is 5.35. The topological polar surface area (TPSA) is 100 Å². The molecule has 8 nitrogen and oxygen atoms in total. The van der Waals surface area contributed by atoms with Crippen LogP contribution in [0.25, 0.3) is 11.3 Å². The lowest BCUT2D eigenvalue weighted by atomic mass is 10.1. The van der Waals surface area contributed by atoms with Gasteiger partial charge in [0.1, 0.15) is 6.04 Å². The van der Waals surface area contributed by atoms with Gasteiger partial charge in [-0.2, -0.15) is 0 Å². The Hall–Kier alpha value is -3.03. The van der Waals surface area contributed by atoms with Gasteiger partial charge in [0.2, 0.25) is 17.8 Å². The summed E-state index contributed by atoms with van der Waals surface area (Å²) in [7, 11) is 0. The van der Waals surface area contributed by atoms with Gasteiger partial charge in [0.15, 0.2) is 0 Å². The number of carbonyl (C=O) groups is 2. The van der Waals surface area contributed by atoms with Crippen molar-refractivity contribution in [1.82, 2.24) is 25.2 Å². The fraction of sp³-hybridized carbons (Fsp3) is 0.389. The Morgan fingerprint density at radius 3 is 2.81 bits per heavy atom. The van der Waals surface area contributed by atoms with Gasteiger partial charge in [-0.15, -0.1) is 0 Å². The van der Waals surface area contributed by atoms with E-state index in [4.69, 9.17) is 0 Å². The summed E-state index contributed by atoms with van der Waals surface area (Å²) in [6.45, 7) is 4.47. The molecule has 8 heteroatoms. The van der Waals surface area contributed by atoms with Crippen molar-refractivity contribution in [3.63, 3.8) is 0 Å². The normalized spacial score (nSPS) is 22.2. The van der Waals surface area contributed by atoms with E-state index >= 15 is 0 Å². The Morgan fingerprint density at radius 2 is 2.04 bits per heavy atom. The molecule has 4 rings (SSSR count). The zero-order valence-corrected chi connectivity index (χ0v) is 14.7. The molecule has 0 radical (unpaired) electrons. The van der Waals surface area contributed by atoms with Crippen molar-refractivity contribution in [2.45, 2.75) is 32.4 Å². The van der Waals surface area contributed by atoms with Gasteiger partial charge in [-0.1, -0.05) is 0 Å². The molecule has 0 spiro atoms. The van der Waals surface area contributed by atoms with Crippen LogP contribution in [0.3, 0.4) is 0 Å². The summed E-state index contributed by atoms with van der Waals surface area (Å²) in [6.07, 6.45) is 2.25. The van der Waals surface area contributed by atoms with Gasteiger partial charge in [-0.05, 0) is 38.5 Å². The molecule has 0 unspecified atom stereocenters. The predicted octanol–water partition coefficient (Wildman–Crippen LogP) is 0.667. The van der Waals surface area contributed by atoms with Gasteiger partial charge in [0.25, 0.3) is 0 Å². The molecule has 0 saturated carbocycles. The molecule has 4 heterocycles. The molecular weight excluding hydrogens is 332 g/mol. The number of aromatic nitrogens is 3. The fourth-order valence-corrected chi connectivity index (χ4v) is 3.56. The first-order valence-corrected chi connectivity index (χ1v) is 8.62. The molecule has 2 aliphatic rings. The van der Waals surface area contributed by atoms with Crippen molar-refractivity contribution >= 4 is 17.8 Å². The molecule has 2 aliphatic heterocycles. The van der Waals surface area contributed by atoms with Gasteiger partial charge >= 0.3 is 0 Å². The summed E-state index contributed by atoms with van der Waals surface area (Å²) in [5, 5.41) is 5.90. The van der Waals surface area contributed by atoms with Crippen LogP contribution in [0.1, 0.15) is 17.8 Å². The van der Waals surface area contributed by atoms with Gasteiger partial charge in [0.05, 0.1) is 12.2 Å². The molecule has 2 amide bonds. The number of nitrogens with zero attached hydrogens (tertiary/aromatic N) is 4. The van der Waals surface area contributed by atoms with Crippen LogP contribution >= 0.6 is 0 Å². The molecule has 2 aromatic heterocycles. The van der Waals surface area contributed by atoms with Crippen LogP contribution in [0.5, 0.6) is 0 Å². The monoisotopic (exact) mass is 352 g/mol. The Balaban J connectivity index is 1.53. The van der Waals surface area contributed by atoms with Crippen LogP contribution in [0, 0.1) is 13.8 Å². The number of fused-ring (bicyclic) bond motifs is 1. The molecule has 2 aromatic rings. The second-order valence-corrected chi connectivity index (χ2v) is 6.71. The van der Waals surface area contributed by atoms with Gasteiger partial charge < -0.3 is 15.5 Å². The minimum Gasteiger partial charge on any atom is -0.350 e. The average Bonchev–Trinajstić information content (AvgIpc) is 3.03. The highest BCUT2D eigenvalue weighted by molar-refractivity contribution is 5.95. The number of pyridine rings is 1. The lowest BCUT2D eigenvalue weighted by Crippen LogP contribution is -2.55. The van der Waals surface area contributed by atoms with E-state index in [1.54, 1.807) is 11.1 Å². The van der Waals surface area contributed by atoms with Crippen LogP contribution in [0.15, 0.2) is 24.4 Å². The summed E-state index contributed by atoms with van der Waals surface area (Å²) in [5.41, 5.74) is 3.62. The average molecular weight is 352 g/mol. The van der Waals surface area contributed by atoms with Crippen LogP contribution in [0.2, 0.25) is 0 Å². The zero-order chi connectivity index (χ0) is 18.3. The lowest BCUT2D eigenvalue weighted by Gasteiger charge is -2.28. The highest BCUT2D eigenvalue weighted by Crippen LogP contribution is 2.24. The second kappa shape index (κ2) is 6.36. The van der Waals surface area contributed by atoms with Crippen molar-refractivity contribution in [3.8, 4) is 11.3 Å². The number of nitrogens with one attached hydrogen (secondary N) is 2. The summed E-state index contributed by atoms with van der Waals surface area (Å²) >= 11 is 0. The summed E-state index contributed by atoms with van der Waals surface area (Å²) < 4.78 is 0. The first-order valence-electron chi connectivity index (χ1n) is 8.62. The number of hydrogen-bond donors (Lipinski definition) is 2. The zero-order valence-electron chi connectivity index (χ0n) is 14.7. The number of rotatable bonds is 3.